The Morgan fingerprint density at radius 3 is 2.49 bits per heavy atom. The van der Waals surface area contributed by atoms with Crippen molar-refractivity contribution in [2.45, 2.75) is 76.6 Å². The molecule has 236 valence electrons. The number of benzene rings is 2. The topological polar surface area (TPSA) is 122 Å². The largest absolute Gasteiger partial charge is 0.480 e. The summed E-state index contributed by atoms with van der Waals surface area (Å²) in [4.78, 5) is 27.7. The number of nitrogens with zero attached hydrogens (tertiary/aromatic N) is 1. The SMILES string of the molecule is COC[C@H]1CC(OCC2CCCCC2)CN1Cc1ccc(C(=O)N[C@@H](CCS(C)(=O)=O)C(=O)O)c(-c2ccccc2C)c1. The number of hydrogen-bond donors (Lipinski definition) is 2. The maximum Gasteiger partial charge on any atom is 0.326 e. The van der Waals surface area contributed by atoms with E-state index in [1.165, 1.54) is 32.1 Å². The number of methoxy groups -OCH3 is 1. The maximum atomic E-state index is 13.5. The number of carboxylic acid groups (broad SMARTS) is 1. The molecule has 2 aromatic rings. The van der Waals surface area contributed by atoms with Crippen molar-refractivity contribution in [3.05, 3.63) is 59.2 Å². The summed E-state index contributed by atoms with van der Waals surface area (Å²) >= 11 is 0. The Hall–Kier alpha value is -2.79. The molecular formula is C33H46N2O7S. The van der Waals surface area contributed by atoms with Gasteiger partial charge < -0.3 is 19.9 Å². The van der Waals surface area contributed by atoms with Gasteiger partial charge >= 0.3 is 5.97 Å². The second-order valence-electron chi connectivity index (χ2n) is 12.2. The molecule has 1 aliphatic carbocycles. The number of amides is 1. The summed E-state index contributed by atoms with van der Waals surface area (Å²) in [6.45, 7) is 4.87. The van der Waals surface area contributed by atoms with Crippen LogP contribution in [0.4, 0.5) is 0 Å². The lowest BCUT2D eigenvalue weighted by Gasteiger charge is -2.25. The number of nitrogens with one attached hydrogen (secondary N) is 1. The van der Waals surface area contributed by atoms with Crippen molar-refractivity contribution in [2.24, 2.45) is 5.92 Å². The fraction of sp³-hybridized carbons (Fsp3) is 0.576. The number of rotatable bonds is 14. The first-order valence-electron chi connectivity index (χ1n) is 15.3. The van der Waals surface area contributed by atoms with Gasteiger partial charge in [0.25, 0.3) is 5.91 Å². The highest BCUT2D eigenvalue weighted by Crippen LogP contribution is 2.31. The molecule has 3 atom stereocenters. The molecule has 10 heteroatoms. The van der Waals surface area contributed by atoms with Gasteiger partial charge in [-0.3, -0.25) is 9.69 Å². The molecule has 1 amide bonds. The van der Waals surface area contributed by atoms with Gasteiger partial charge in [0, 0.05) is 44.7 Å². The van der Waals surface area contributed by atoms with E-state index in [4.69, 9.17) is 9.47 Å². The van der Waals surface area contributed by atoms with Crippen LogP contribution in [0.25, 0.3) is 11.1 Å². The van der Waals surface area contributed by atoms with E-state index >= 15 is 0 Å². The molecule has 1 heterocycles. The monoisotopic (exact) mass is 614 g/mol. The van der Waals surface area contributed by atoms with E-state index in [1.54, 1.807) is 13.2 Å². The number of aryl methyl sites for hydroxylation is 1. The zero-order valence-corrected chi connectivity index (χ0v) is 26.4. The standard InChI is InChI=1S/C33H46N2O7S/c1-23-9-7-8-12-28(23)30-17-25(13-14-29(30)32(36)34-31(33(37)38)15-16-43(3,39)40)19-35-20-27(18-26(35)22-41-2)42-21-24-10-5-4-6-11-24/h7-9,12-14,17,24,26-27,31H,4-6,10-11,15-16,18-22H2,1-3H3,(H,34,36)(H,37,38)/t26-,27?,31+/m1/s1. The van der Waals surface area contributed by atoms with Crippen molar-refractivity contribution in [1.29, 1.82) is 0 Å². The Morgan fingerprint density at radius 1 is 1.07 bits per heavy atom. The summed E-state index contributed by atoms with van der Waals surface area (Å²) < 4.78 is 35.2. The minimum absolute atomic E-state index is 0.155. The van der Waals surface area contributed by atoms with E-state index < -0.39 is 27.8 Å². The maximum absolute atomic E-state index is 13.5. The fourth-order valence-corrected chi connectivity index (χ4v) is 6.95. The number of carbonyl (C=O) groups is 2. The molecule has 0 radical (unpaired) electrons. The molecule has 0 bridgehead atoms. The fourth-order valence-electron chi connectivity index (χ4n) is 6.29. The van der Waals surface area contributed by atoms with Crippen LogP contribution in [0.3, 0.4) is 0 Å². The summed E-state index contributed by atoms with van der Waals surface area (Å²) in [6.07, 6.45) is 8.34. The first kappa shape index (κ1) is 33.1. The molecule has 1 unspecified atom stereocenters. The molecule has 1 aliphatic heterocycles. The predicted octanol–water partition coefficient (Wildman–Crippen LogP) is 4.47. The Balaban J connectivity index is 1.54. The quantitative estimate of drug-likeness (QED) is 0.320. The molecule has 2 aliphatic rings. The van der Waals surface area contributed by atoms with Crippen LogP contribution in [0.5, 0.6) is 0 Å². The highest BCUT2D eigenvalue weighted by atomic mass is 32.2. The van der Waals surface area contributed by atoms with Crippen LogP contribution in [0, 0.1) is 12.8 Å². The first-order chi connectivity index (χ1) is 20.5. The molecule has 43 heavy (non-hydrogen) atoms. The van der Waals surface area contributed by atoms with Gasteiger partial charge in [-0.25, -0.2) is 13.2 Å². The van der Waals surface area contributed by atoms with E-state index in [1.807, 2.05) is 43.3 Å². The second-order valence-corrected chi connectivity index (χ2v) is 14.5. The van der Waals surface area contributed by atoms with Crippen molar-refractivity contribution in [3.8, 4) is 11.1 Å². The molecule has 9 nitrogen and oxygen atoms in total. The highest BCUT2D eigenvalue weighted by Gasteiger charge is 2.33. The molecule has 2 aromatic carbocycles. The third-order valence-corrected chi connectivity index (χ3v) is 9.65. The molecule has 0 aromatic heterocycles. The molecule has 1 saturated heterocycles. The summed E-state index contributed by atoms with van der Waals surface area (Å²) in [5, 5.41) is 12.2. The minimum Gasteiger partial charge on any atom is -0.480 e. The lowest BCUT2D eigenvalue weighted by molar-refractivity contribution is -0.139. The van der Waals surface area contributed by atoms with E-state index in [-0.39, 0.29) is 24.3 Å². The number of carbonyl (C=O) groups excluding carboxylic acids is 1. The van der Waals surface area contributed by atoms with Gasteiger partial charge in [0.05, 0.1) is 18.5 Å². The summed E-state index contributed by atoms with van der Waals surface area (Å²) in [6, 6.07) is 12.3. The normalized spacial score (nSPS) is 20.6. The second kappa shape index (κ2) is 15.3. The number of ether oxygens (including phenoxy) is 2. The van der Waals surface area contributed by atoms with E-state index in [2.05, 4.69) is 10.2 Å². The highest BCUT2D eigenvalue weighted by molar-refractivity contribution is 7.90. The van der Waals surface area contributed by atoms with Gasteiger partial charge in [-0.05, 0) is 72.9 Å². The van der Waals surface area contributed by atoms with Crippen LogP contribution in [0.1, 0.15) is 66.4 Å². The van der Waals surface area contributed by atoms with Crippen LogP contribution in [-0.4, -0.2) is 87.4 Å². The number of sulfone groups is 1. The zero-order chi connectivity index (χ0) is 31.0. The average Bonchev–Trinajstić information content (AvgIpc) is 3.35. The molecule has 4 rings (SSSR count). The van der Waals surface area contributed by atoms with Crippen molar-refractivity contribution in [3.63, 3.8) is 0 Å². The van der Waals surface area contributed by atoms with Crippen LogP contribution in [0.15, 0.2) is 42.5 Å². The lowest BCUT2D eigenvalue weighted by atomic mass is 9.90. The third kappa shape index (κ3) is 9.60. The Labute approximate surface area is 255 Å². The molecule has 1 saturated carbocycles. The Bertz CT molecular complexity index is 1360. The number of aliphatic carboxylic acids is 1. The lowest BCUT2D eigenvalue weighted by Crippen LogP contribution is -2.42. The van der Waals surface area contributed by atoms with Gasteiger partial charge in [0.1, 0.15) is 15.9 Å². The van der Waals surface area contributed by atoms with Gasteiger partial charge in [0.2, 0.25) is 0 Å². The van der Waals surface area contributed by atoms with E-state index in [9.17, 15) is 23.1 Å². The van der Waals surface area contributed by atoms with Gasteiger partial charge in [0.15, 0.2) is 0 Å². The van der Waals surface area contributed by atoms with E-state index in [0.29, 0.717) is 30.2 Å². The molecule has 2 fully saturated rings. The number of carboxylic acids is 1. The van der Waals surface area contributed by atoms with Gasteiger partial charge in [-0.15, -0.1) is 0 Å². The summed E-state index contributed by atoms with van der Waals surface area (Å²) in [5.74, 6) is -1.51. The first-order valence-corrected chi connectivity index (χ1v) is 17.3. The summed E-state index contributed by atoms with van der Waals surface area (Å²) in [7, 11) is -1.67. The predicted molar refractivity (Wildman–Crippen MR) is 167 cm³/mol. The zero-order valence-electron chi connectivity index (χ0n) is 25.6. The van der Waals surface area contributed by atoms with Crippen molar-refractivity contribution in [1.82, 2.24) is 10.2 Å². The van der Waals surface area contributed by atoms with Crippen LogP contribution in [0.2, 0.25) is 0 Å². The summed E-state index contributed by atoms with van der Waals surface area (Å²) in [5.41, 5.74) is 3.92. The Kier molecular flexibility index (Phi) is 11.8. The van der Waals surface area contributed by atoms with Crippen LogP contribution < -0.4 is 5.32 Å². The van der Waals surface area contributed by atoms with E-state index in [0.717, 1.165) is 42.5 Å². The average molecular weight is 615 g/mol. The van der Waals surface area contributed by atoms with Crippen LogP contribution >= 0.6 is 0 Å². The smallest absolute Gasteiger partial charge is 0.326 e. The molecule has 0 spiro atoms. The number of hydrogen-bond acceptors (Lipinski definition) is 7. The van der Waals surface area contributed by atoms with Gasteiger partial charge in [-0.1, -0.05) is 49.6 Å². The minimum atomic E-state index is -3.39. The van der Waals surface area contributed by atoms with Crippen molar-refractivity contribution in [2.75, 3.05) is 38.9 Å². The molecule has 2 N–H and O–H groups in total. The van der Waals surface area contributed by atoms with Crippen molar-refractivity contribution < 1.29 is 32.6 Å². The third-order valence-electron chi connectivity index (χ3n) is 8.67. The number of likely N-dealkylation sites (tertiary alicyclic amines) is 1. The van der Waals surface area contributed by atoms with Gasteiger partial charge in [-0.2, -0.15) is 0 Å². The molecular weight excluding hydrogens is 568 g/mol. The van der Waals surface area contributed by atoms with Crippen LogP contribution in [-0.2, 0) is 30.7 Å². The Morgan fingerprint density at radius 2 is 1.81 bits per heavy atom. The van der Waals surface area contributed by atoms with Crippen molar-refractivity contribution >= 4 is 21.7 Å².